The Hall–Kier alpha value is -1.51. The lowest BCUT2D eigenvalue weighted by Gasteiger charge is -2.35. The van der Waals surface area contributed by atoms with Gasteiger partial charge in [0, 0.05) is 0 Å². The lowest BCUT2D eigenvalue weighted by atomic mass is 9.70. The molecule has 1 aromatic rings. The summed E-state index contributed by atoms with van der Waals surface area (Å²) in [6.07, 6.45) is 21.7. The number of unbranched alkanes of at least 4 members (excludes halogenated alkanes) is 3. The molecule has 0 spiro atoms. The van der Waals surface area contributed by atoms with E-state index < -0.39 is 6.16 Å². The van der Waals surface area contributed by atoms with E-state index in [-0.39, 0.29) is 0 Å². The highest BCUT2D eigenvalue weighted by Gasteiger charge is 2.28. The van der Waals surface area contributed by atoms with Gasteiger partial charge in [0.05, 0.1) is 0 Å². The Balaban J connectivity index is 0.000000221. The van der Waals surface area contributed by atoms with Gasteiger partial charge in [-0.15, -0.1) is 0 Å². The van der Waals surface area contributed by atoms with Crippen LogP contribution < -0.4 is 4.74 Å². The van der Waals surface area contributed by atoms with Crippen LogP contribution in [0.4, 0.5) is 4.79 Å². The molecule has 2 aliphatic rings. The Morgan fingerprint density at radius 3 is 2.03 bits per heavy atom. The maximum Gasteiger partial charge on any atom is 0.511 e. The molecule has 0 aromatic heterocycles. The van der Waals surface area contributed by atoms with Crippen molar-refractivity contribution in [2.24, 2.45) is 17.8 Å². The molecule has 176 valence electrons. The molecule has 3 heteroatoms. The Kier molecular flexibility index (Phi) is 12.7. The van der Waals surface area contributed by atoms with E-state index in [0.717, 1.165) is 24.2 Å². The molecular weight excluding hydrogens is 384 g/mol. The van der Waals surface area contributed by atoms with Crippen molar-refractivity contribution >= 4 is 6.16 Å². The summed E-state index contributed by atoms with van der Waals surface area (Å²) in [7, 11) is 0. The third-order valence-electron chi connectivity index (χ3n) is 7.37. The SMILES string of the molecule is CCCCCc1ccc(OC(=O)O)cc1.CCCC[C@H]1CC[C@H](C2CCCCC2)CC1. The maximum absolute atomic E-state index is 10.2. The lowest BCUT2D eigenvalue weighted by Crippen LogP contribution is -2.23. The van der Waals surface area contributed by atoms with E-state index >= 15 is 0 Å². The van der Waals surface area contributed by atoms with Gasteiger partial charge < -0.3 is 9.84 Å². The first kappa shape index (κ1) is 25.7. The van der Waals surface area contributed by atoms with E-state index in [1.165, 1.54) is 63.4 Å². The van der Waals surface area contributed by atoms with E-state index in [2.05, 4.69) is 18.6 Å². The predicted molar refractivity (Wildman–Crippen MR) is 130 cm³/mol. The highest BCUT2D eigenvalue weighted by molar-refractivity contribution is 5.61. The predicted octanol–water partition coefficient (Wildman–Crippen LogP) is 9.04. The summed E-state index contributed by atoms with van der Waals surface area (Å²) >= 11 is 0. The van der Waals surface area contributed by atoms with Gasteiger partial charge >= 0.3 is 6.16 Å². The fraction of sp³-hybridized carbons (Fsp3) is 0.750. The fourth-order valence-electron chi connectivity index (χ4n) is 5.45. The molecule has 3 rings (SSSR count). The van der Waals surface area contributed by atoms with E-state index in [0.29, 0.717) is 5.75 Å². The third kappa shape index (κ3) is 10.6. The first-order valence-corrected chi connectivity index (χ1v) is 13.1. The molecule has 0 heterocycles. The second-order valence-corrected chi connectivity index (χ2v) is 9.79. The molecule has 2 fully saturated rings. The van der Waals surface area contributed by atoms with Crippen LogP contribution in [0.5, 0.6) is 5.75 Å². The summed E-state index contributed by atoms with van der Waals surface area (Å²) < 4.78 is 4.51. The summed E-state index contributed by atoms with van der Waals surface area (Å²) in [4.78, 5) is 10.2. The summed E-state index contributed by atoms with van der Waals surface area (Å²) in [5, 5.41) is 8.39. The number of carboxylic acid groups (broad SMARTS) is 1. The van der Waals surface area contributed by atoms with Crippen LogP contribution in [-0.2, 0) is 6.42 Å². The molecule has 0 bridgehead atoms. The van der Waals surface area contributed by atoms with Crippen LogP contribution in [0.15, 0.2) is 24.3 Å². The number of aryl methyl sites for hydroxylation is 1. The Morgan fingerprint density at radius 2 is 1.45 bits per heavy atom. The largest absolute Gasteiger partial charge is 0.511 e. The van der Waals surface area contributed by atoms with Gasteiger partial charge in [-0.05, 0) is 61.1 Å². The van der Waals surface area contributed by atoms with Crippen molar-refractivity contribution in [3.8, 4) is 5.75 Å². The van der Waals surface area contributed by atoms with Gasteiger partial charge in [-0.25, -0.2) is 4.79 Å². The first-order valence-electron chi connectivity index (χ1n) is 13.1. The van der Waals surface area contributed by atoms with Crippen LogP contribution in [0.1, 0.15) is 116 Å². The van der Waals surface area contributed by atoms with Crippen molar-refractivity contribution < 1.29 is 14.6 Å². The maximum atomic E-state index is 10.2. The number of ether oxygens (including phenoxy) is 1. The van der Waals surface area contributed by atoms with Crippen molar-refractivity contribution in [2.45, 2.75) is 117 Å². The summed E-state index contributed by atoms with van der Waals surface area (Å²) in [6.45, 7) is 4.50. The zero-order chi connectivity index (χ0) is 22.3. The van der Waals surface area contributed by atoms with Crippen LogP contribution in [0.25, 0.3) is 0 Å². The molecular formula is C28H46O3. The second-order valence-electron chi connectivity index (χ2n) is 9.79. The van der Waals surface area contributed by atoms with E-state index in [4.69, 9.17) is 5.11 Å². The molecule has 31 heavy (non-hydrogen) atoms. The number of hydrogen-bond donors (Lipinski definition) is 1. The first-order chi connectivity index (χ1) is 15.1. The number of rotatable bonds is 9. The van der Waals surface area contributed by atoms with Gasteiger partial charge in [-0.1, -0.05) is 103 Å². The minimum atomic E-state index is -1.27. The molecule has 0 aliphatic heterocycles. The highest BCUT2D eigenvalue weighted by Crippen LogP contribution is 2.40. The Morgan fingerprint density at radius 1 is 0.839 bits per heavy atom. The van der Waals surface area contributed by atoms with Crippen molar-refractivity contribution in [3.05, 3.63) is 29.8 Å². The second kappa shape index (κ2) is 15.3. The number of hydrogen-bond acceptors (Lipinski definition) is 2. The summed E-state index contributed by atoms with van der Waals surface area (Å²) in [5.74, 6) is 3.72. The Labute approximate surface area is 191 Å². The lowest BCUT2D eigenvalue weighted by molar-refractivity contribution is 0.144. The molecule has 0 unspecified atom stereocenters. The van der Waals surface area contributed by atoms with Gasteiger partial charge in [0.25, 0.3) is 0 Å². The molecule has 3 nitrogen and oxygen atoms in total. The van der Waals surface area contributed by atoms with Gasteiger partial charge in [0.1, 0.15) is 5.75 Å². The van der Waals surface area contributed by atoms with E-state index in [9.17, 15) is 4.79 Å². The zero-order valence-corrected chi connectivity index (χ0v) is 20.1. The minimum Gasteiger partial charge on any atom is -0.449 e. The van der Waals surface area contributed by atoms with Crippen LogP contribution in [-0.4, -0.2) is 11.3 Å². The molecule has 2 saturated carbocycles. The molecule has 0 atom stereocenters. The molecule has 1 aromatic carbocycles. The van der Waals surface area contributed by atoms with Crippen LogP contribution in [0.2, 0.25) is 0 Å². The highest BCUT2D eigenvalue weighted by atomic mass is 16.7. The van der Waals surface area contributed by atoms with E-state index in [1.54, 1.807) is 50.7 Å². The van der Waals surface area contributed by atoms with Gasteiger partial charge in [0.2, 0.25) is 0 Å². The molecule has 1 N–H and O–H groups in total. The summed E-state index contributed by atoms with van der Waals surface area (Å²) in [6, 6.07) is 7.20. The van der Waals surface area contributed by atoms with Gasteiger partial charge in [-0.3, -0.25) is 0 Å². The topological polar surface area (TPSA) is 46.5 Å². The number of carbonyl (C=O) groups is 1. The fourth-order valence-corrected chi connectivity index (χ4v) is 5.45. The molecule has 2 aliphatic carbocycles. The van der Waals surface area contributed by atoms with Crippen molar-refractivity contribution in [1.29, 1.82) is 0 Å². The summed E-state index contributed by atoms with van der Waals surface area (Å²) in [5.41, 5.74) is 1.22. The third-order valence-corrected chi connectivity index (χ3v) is 7.37. The smallest absolute Gasteiger partial charge is 0.449 e. The van der Waals surface area contributed by atoms with E-state index in [1.807, 2.05) is 12.1 Å². The number of benzene rings is 1. The molecule has 0 saturated heterocycles. The van der Waals surface area contributed by atoms with Crippen LogP contribution in [0, 0.1) is 17.8 Å². The molecule has 0 amide bonds. The average Bonchev–Trinajstić information content (AvgIpc) is 2.80. The van der Waals surface area contributed by atoms with Crippen LogP contribution >= 0.6 is 0 Å². The normalized spacial score (nSPS) is 21.7. The van der Waals surface area contributed by atoms with Crippen molar-refractivity contribution in [1.82, 2.24) is 0 Å². The van der Waals surface area contributed by atoms with Gasteiger partial charge in [0.15, 0.2) is 0 Å². The zero-order valence-electron chi connectivity index (χ0n) is 20.1. The Bertz CT molecular complexity index is 581. The average molecular weight is 431 g/mol. The van der Waals surface area contributed by atoms with Crippen LogP contribution in [0.3, 0.4) is 0 Å². The van der Waals surface area contributed by atoms with Gasteiger partial charge in [-0.2, -0.15) is 0 Å². The quantitative estimate of drug-likeness (QED) is 0.241. The van der Waals surface area contributed by atoms with Crippen molar-refractivity contribution in [3.63, 3.8) is 0 Å². The minimum absolute atomic E-state index is 0.377. The standard InChI is InChI=1S/C16H30.C12H16O3/c1-2-3-7-14-10-12-16(13-11-14)15-8-5-4-6-9-15;1-2-3-4-5-10-6-8-11(9-7-10)15-12(13)14/h14-16H,2-13H2,1H3;6-9H,2-5H2,1H3,(H,13,14)/t14-,16-;. The monoisotopic (exact) mass is 430 g/mol. The van der Waals surface area contributed by atoms with Crippen molar-refractivity contribution in [2.75, 3.05) is 0 Å². The molecule has 0 radical (unpaired) electrons.